The van der Waals surface area contributed by atoms with E-state index in [2.05, 4.69) is 4.98 Å². The zero-order chi connectivity index (χ0) is 11.0. The molecule has 0 radical (unpaired) electrons. The summed E-state index contributed by atoms with van der Waals surface area (Å²) in [5.41, 5.74) is 12.9. The van der Waals surface area contributed by atoms with E-state index in [1.807, 2.05) is 13.0 Å². The van der Waals surface area contributed by atoms with Gasteiger partial charge in [0.1, 0.15) is 23.6 Å². The van der Waals surface area contributed by atoms with Gasteiger partial charge in [0.2, 0.25) is 5.88 Å². The third-order valence-electron chi connectivity index (χ3n) is 2.61. The van der Waals surface area contributed by atoms with Gasteiger partial charge in [-0.05, 0) is 6.42 Å². The first-order chi connectivity index (χ1) is 7.17. The highest BCUT2D eigenvalue weighted by Crippen LogP contribution is 2.36. The van der Waals surface area contributed by atoms with Gasteiger partial charge in [-0.15, -0.1) is 0 Å². The molecule has 1 aliphatic heterocycles. The van der Waals surface area contributed by atoms with Crippen LogP contribution in [-0.2, 0) is 6.42 Å². The second-order valence-electron chi connectivity index (χ2n) is 3.53. The molecular formula is C10H12N4O. The molecule has 0 spiro atoms. The van der Waals surface area contributed by atoms with Gasteiger partial charge in [0.15, 0.2) is 0 Å². The lowest BCUT2D eigenvalue weighted by Crippen LogP contribution is -2.10. The molecule has 1 aromatic rings. The number of nitrogens with zero attached hydrogens (tertiary/aromatic N) is 2. The quantitative estimate of drug-likeness (QED) is 0.706. The average Bonchev–Trinajstić information content (AvgIpc) is 2.61. The summed E-state index contributed by atoms with van der Waals surface area (Å²) < 4.78 is 5.54. The molecule has 0 aromatic carbocycles. The molecule has 0 fully saturated rings. The smallest absolute Gasteiger partial charge is 0.221 e. The molecule has 0 amide bonds. The Balaban J connectivity index is 2.53. The lowest BCUT2D eigenvalue weighted by atomic mass is 10.1. The number of fused-ring (bicyclic) bond motifs is 1. The number of hydrogen-bond acceptors (Lipinski definition) is 5. The van der Waals surface area contributed by atoms with Gasteiger partial charge in [-0.25, -0.2) is 0 Å². The second-order valence-corrected chi connectivity index (χ2v) is 3.53. The Morgan fingerprint density at radius 2 is 2.33 bits per heavy atom. The first-order valence-electron chi connectivity index (χ1n) is 4.82. The highest BCUT2D eigenvalue weighted by molar-refractivity contribution is 5.71. The van der Waals surface area contributed by atoms with Crippen LogP contribution in [0.4, 0.5) is 11.5 Å². The SMILES string of the molecule is CCC1Cc2c(nc(N)c(C#N)c2N)O1. The Bertz CT molecular complexity index is 450. The fourth-order valence-corrected chi connectivity index (χ4v) is 1.70. The van der Waals surface area contributed by atoms with Gasteiger partial charge in [-0.3, -0.25) is 0 Å². The minimum absolute atomic E-state index is 0.100. The maximum Gasteiger partial charge on any atom is 0.221 e. The summed E-state index contributed by atoms with van der Waals surface area (Å²) in [5.74, 6) is 0.626. The van der Waals surface area contributed by atoms with Gasteiger partial charge < -0.3 is 16.2 Å². The van der Waals surface area contributed by atoms with Crippen molar-refractivity contribution in [1.29, 1.82) is 5.26 Å². The maximum absolute atomic E-state index is 8.86. The number of pyridine rings is 1. The van der Waals surface area contributed by atoms with Crippen molar-refractivity contribution in [1.82, 2.24) is 4.98 Å². The topological polar surface area (TPSA) is 98.0 Å². The number of nitriles is 1. The van der Waals surface area contributed by atoms with E-state index < -0.39 is 0 Å². The van der Waals surface area contributed by atoms with Gasteiger partial charge in [0.05, 0.1) is 5.69 Å². The Morgan fingerprint density at radius 3 is 2.93 bits per heavy atom. The van der Waals surface area contributed by atoms with E-state index in [9.17, 15) is 0 Å². The molecule has 0 bridgehead atoms. The largest absolute Gasteiger partial charge is 0.474 e. The fraction of sp³-hybridized carbons (Fsp3) is 0.400. The van der Waals surface area contributed by atoms with Crippen LogP contribution in [0.25, 0.3) is 0 Å². The molecule has 1 aromatic heterocycles. The van der Waals surface area contributed by atoms with E-state index in [0.29, 0.717) is 18.0 Å². The predicted octanol–water partition coefficient (Wildman–Crippen LogP) is 0.831. The third-order valence-corrected chi connectivity index (χ3v) is 2.61. The molecule has 2 heterocycles. The van der Waals surface area contributed by atoms with Crippen LogP contribution in [0, 0.1) is 11.3 Å². The Kier molecular flexibility index (Phi) is 2.12. The van der Waals surface area contributed by atoms with Crippen LogP contribution < -0.4 is 16.2 Å². The number of hydrogen-bond donors (Lipinski definition) is 2. The molecule has 0 saturated carbocycles. The van der Waals surface area contributed by atoms with Crippen molar-refractivity contribution in [2.45, 2.75) is 25.9 Å². The Hall–Kier alpha value is -1.96. The fourth-order valence-electron chi connectivity index (χ4n) is 1.70. The third kappa shape index (κ3) is 1.34. The van der Waals surface area contributed by atoms with Crippen molar-refractivity contribution >= 4 is 11.5 Å². The lowest BCUT2D eigenvalue weighted by Gasteiger charge is -2.06. The molecule has 5 nitrogen and oxygen atoms in total. The molecule has 1 atom stereocenters. The first kappa shape index (κ1) is 9.59. The molecule has 0 aliphatic carbocycles. The standard InChI is InChI=1S/C10H12N4O/c1-2-5-3-6-8(12)7(4-11)9(13)14-10(6)15-5/h5H,2-3H2,1H3,(H4,12,13,14). The number of nitrogens with two attached hydrogens (primary N) is 2. The summed E-state index contributed by atoms with van der Waals surface area (Å²) in [5, 5.41) is 8.86. The van der Waals surface area contributed by atoms with Gasteiger partial charge in [0.25, 0.3) is 0 Å². The summed E-state index contributed by atoms with van der Waals surface area (Å²) >= 11 is 0. The molecule has 1 aliphatic rings. The van der Waals surface area contributed by atoms with Crippen molar-refractivity contribution in [2.75, 3.05) is 11.5 Å². The van der Waals surface area contributed by atoms with E-state index >= 15 is 0 Å². The normalized spacial score (nSPS) is 18.0. The first-order valence-corrected chi connectivity index (χ1v) is 4.82. The van der Waals surface area contributed by atoms with Gasteiger partial charge in [0, 0.05) is 12.0 Å². The monoisotopic (exact) mass is 204 g/mol. The number of aromatic nitrogens is 1. The van der Waals surface area contributed by atoms with Crippen molar-refractivity contribution in [3.8, 4) is 11.9 Å². The molecule has 1 unspecified atom stereocenters. The van der Waals surface area contributed by atoms with Crippen LogP contribution in [0.15, 0.2) is 0 Å². The summed E-state index contributed by atoms with van der Waals surface area (Å²) in [6.07, 6.45) is 1.69. The van der Waals surface area contributed by atoms with Crippen molar-refractivity contribution in [3.63, 3.8) is 0 Å². The molecule has 2 rings (SSSR count). The number of nitrogen functional groups attached to an aromatic ring is 2. The minimum Gasteiger partial charge on any atom is -0.474 e. The van der Waals surface area contributed by atoms with Crippen LogP contribution in [0.2, 0.25) is 0 Å². The van der Waals surface area contributed by atoms with E-state index in [0.717, 1.165) is 12.0 Å². The Labute approximate surface area is 87.7 Å². The predicted molar refractivity (Wildman–Crippen MR) is 56.2 cm³/mol. The molecule has 4 N–H and O–H groups in total. The van der Waals surface area contributed by atoms with Gasteiger partial charge in [-0.1, -0.05) is 6.92 Å². The van der Waals surface area contributed by atoms with Crippen molar-refractivity contribution < 1.29 is 4.74 Å². The van der Waals surface area contributed by atoms with Crippen LogP contribution in [-0.4, -0.2) is 11.1 Å². The van der Waals surface area contributed by atoms with Crippen molar-refractivity contribution in [3.05, 3.63) is 11.1 Å². The molecular weight excluding hydrogens is 192 g/mol. The number of rotatable bonds is 1. The van der Waals surface area contributed by atoms with Crippen LogP contribution in [0.3, 0.4) is 0 Å². The highest BCUT2D eigenvalue weighted by Gasteiger charge is 2.27. The van der Waals surface area contributed by atoms with Crippen LogP contribution in [0.1, 0.15) is 24.5 Å². The average molecular weight is 204 g/mol. The number of ether oxygens (including phenoxy) is 1. The van der Waals surface area contributed by atoms with Gasteiger partial charge >= 0.3 is 0 Å². The minimum atomic E-state index is 0.100. The number of anilines is 2. The zero-order valence-corrected chi connectivity index (χ0v) is 8.45. The van der Waals surface area contributed by atoms with E-state index in [4.69, 9.17) is 21.5 Å². The van der Waals surface area contributed by atoms with Crippen molar-refractivity contribution in [2.24, 2.45) is 0 Å². The molecule has 5 heteroatoms. The summed E-state index contributed by atoms with van der Waals surface area (Å²) in [4.78, 5) is 4.04. The molecule has 78 valence electrons. The van der Waals surface area contributed by atoms with E-state index in [1.165, 1.54) is 0 Å². The van der Waals surface area contributed by atoms with E-state index in [1.54, 1.807) is 0 Å². The summed E-state index contributed by atoms with van der Waals surface area (Å²) in [6, 6.07) is 1.96. The zero-order valence-electron chi connectivity index (χ0n) is 8.45. The van der Waals surface area contributed by atoms with Crippen LogP contribution in [0.5, 0.6) is 5.88 Å². The van der Waals surface area contributed by atoms with Gasteiger partial charge in [-0.2, -0.15) is 10.2 Å². The molecule has 15 heavy (non-hydrogen) atoms. The lowest BCUT2D eigenvalue weighted by molar-refractivity contribution is 0.221. The van der Waals surface area contributed by atoms with Crippen LogP contribution >= 0.6 is 0 Å². The van der Waals surface area contributed by atoms with E-state index in [-0.39, 0.29) is 17.5 Å². The summed E-state index contributed by atoms with van der Waals surface area (Å²) in [6.45, 7) is 2.03. The molecule has 0 saturated heterocycles. The summed E-state index contributed by atoms with van der Waals surface area (Å²) in [7, 11) is 0. The Morgan fingerprint density at radius 1 is 1.60 bits per heavy atom. The maximum atomic E-state index is 8.86. The second kappa shape index (κ2) is 3.31. The highest BCUT2D eigenvalue weighted by atomic mass is 16.5.